The molecule has 1 heterocycles. The molecule has 1 aliphatic rings. The predicted molar refractivity (Wildman–Crippen MR) is 72.0 cm³/mol. The van der Waals surface area contributed by atoms with Gasteiger partial charge in [-0.05, 0) is 18.6 Å². The van der Waals surface area contributed by atoms with Crippen LogP contribution in [0.15, 0.2) is 18.2 Å². The number of sulfone groups is 1. The first-order valence-corrected chi connectivity index (χ1v) is 8.18. The summed E-state index contributed by atoms with van der Waals surface area (Å²) >= 11 is 5.56. The van der Waals surface area contributed by atoms with E-state index in [4.69, 9.17) is 16.3 Å². The second kappa shape index (κ2) is 6.07. The van der Waals surface area contributed by atoms with Gasteiger partial charge in [0.2, 0.25) is 0 Å². The maximum absolute atomic E-state index is 13.1. The van der Waals surface area contributed by atoms with Crippen molar-refractivity contribution >= 4 is 21.4 Å². The minimum absolute atomic E-state index is 0.00412. The zero-order valence-electron chi connectivity index (χ0n) is 10.2. The van der Waals surface area contributed by atoms with Gasteiger partial charge in [-0.2, -0.15) is 0 Å². The summed E-state index contributed by atoms with van der Waals surface area (Å²) in [6, 6.07) is 4.24. The maximum atomic E-state index is 13.1. The maximum Gasteiger partial charge on any atom is 0.151 e. The highest BCUT2D eigenvalue weighted by atomic mass is 35.5. The molecule has 0 amide bonds. The van der Waals surface area contributed by atoms with Crippen LogP contribution in [0.1, 0.15) is 6.42 Å². The average molecular weight is 308 g/mol. The SMILES string of the molecule is O=S1(=O)CCC(NCCOc2ccc(Cl)c(F)c2)C1. The van der Waals surface area contributed by atoms with Gasteiger partial charge >= 0.3 is 0 Å². The second-order valence-electron chi connectivity index (χ2n) is 4.48. The van der Waals surface area contributed by atoms with E-state index in [1.54, 1.807) is 6.07 Å². The third-order valence-electron chi connectivity index (χ3n) is 2.93. The lowest BCUT2D eigenvalue weighted by Crippen LogP contribution is -2.33. The summed E-state index contributed by atoms with van der Waals surface area (Å²) in [6.07, 6.45) is 0.637. The number of hydrogen-bond donors (Lipinski definition) is 1. The van der Waals surface area contributed by atoms with Crippen molar-refractivity contribution in [2.75, 3.05) is 24.7 Å². The third-order valence-corrected chi connectivity index (χ3v) is 5.00. The van der Waals surface area contributed by atoms with E-state index < -0.39 is 15.7 Å². The van der Waals surface area contributed by atoms with E-state index >= 15 is 0 Å². The van der Waals surface area contributed by atoms with E-state index in [1.165, 1.54) is 12.1 Å². The molecule has 1 unspecified atom stereocenters. The molecule has 0 aromatic heterocycles. The topological polar surface area (TPSA) is 55.4 Å². The van der Waals surface area contributed by atoms with Crippen LogP contribution in [0.25, 0.3) is 0 Å². The van der Waals surface area contributed by atoms with Crippen molar-refractivity contribution < 1.29 is 17.5 Å². The highest BCUT2D eigenvalue weighted by Gasteiger charge is 2.26. The number of rotatable bonds is 5. The Labute approximate surface area is 116 Å². The minimum Gasteiger partial charge on any atom is -0.492 e. The molecule has 0 aliphatic carbocycles. The Morgan fingerprint density at radius 1 is 1.47 bits per heavy atom. The van der Waals surface area contributed by atoms with E-state index in [9.17, 15) is 12.8 Å². The van der Waals surface area contributed by atoms with Crippen molar-refractivity contribution in [3.63, 3.8) is 0 Å². The third kappa shape index (κ3) is 4.33. The number of benzene rings is 1. The van der Waals surface area contributed by atoms with Crippen molar-refractivity contribution in [3.8, 4) is 5.75 Å². The highest BCUT2D eigenvalue weighted by molar-refractivity contribution is 7.91. The van der Waals surface area contributed by atoms with E-state index in [2.05, 4.69) is 5.32 Å². The van der Waals surface area contributed by atoms with Gasteiger partial charge in [-0.15, -0.1) is 0 Å². The molecule has 1 N–H and O–H groups in total. The fraction of sp³-hybridized carbons (Fsp3) is 0.500. The molecule has 0 spiro atoms. The first kappa shape index (κ1) is 14.6. The smallest absolute Gasteiger partial charge is 0.151 e. The zero-order chi connectivity index (χ0) is 13.9. The summed E-state index contributed by atoms with van der Waals surface area (Å²) in [5.41, 5.74) is 0. The van der Waals surface area contributed by atoms with Gasteiger partial charge in [0.05, 0.1) is 16.5 Å². The molecule has 1 aromatic carbocycles. The normalized spacial score (nSPS) is 21.5. The molecule has 0 bridgehead atoms. The zero-order valence-corrected chi connectivity index (χ0v) is 11.8. The van der Waals surface area contributed by atoms with Crippen molar-refractivity contribution in [2.24, 2.45) is 0 Å². The molecule has 1 aromatic rings. The fourth-order valence-corrected chi connectivity index (χ4v) is 3.78. The molecule has 19 heavy (non-hydrogen) atoms. The molecule has 0 radical (unpaired) electrons. The van der Waals surface area contributed by atoms with Gasteiger partial charge in [-0.1, -0.05) is 11.6 Å². The van der Waals surface area contributed by atoms with Crippen LogP contribution in [-0.2, 0) is 9.84 Å². The van der Waals surface area contributed by atoms with E-state index in [1.807, 2.05) is 0 Å². The van der Waals surface area contributed by atoms with E-state index in [-0.39, 0.29) is 22.6 Å². The molecule has 1 atom stereocenters. The van der Waals surface area contributed by atoms with Gasteiger partial charge in [-0.25, -0.2) is 12.8 Å². The fourth-order valence-electron chi connectivity index (χ4n) is 1.95. The summed E-state index contributed by atoms with van der Waals surface area (Å²) in [5, 5.41) is 3.17. The largest absolute Gasteiger partial charge is 0.492 e. The molecular weight excluding hydrogens is 293 g/mol. The Kier molecular flexibility index (Phi) is 4.65. The average Bonchev–Trinajstić information content (AvgIpc) is 2.69. The minimum atomic E-state index is -2.86. The molecule has 106 valence electrons. The van der Waals surface area contributed by atoms with Gasteiger partial charge in [0, 0.05) is 18.7 Å². The Hall–Kier alpha value is -0.850. The Bertz CT molecular complexity index is 550. The van der Waals surface area contributed by atoms with Crippen LogP contribution >= 0.6 is 11.6 Å². The molecule has 0 saturated carbocycles. The van der Waals surface area contributed by atoms with Crippen LogP contribution in [0.2, 0.25) is 5.02 Å². The second-order valence-corrected chi connectivity index (χ2v) is 7.11. The summed E-state index contributed by atoms with van der Waals surface area (Å²) in [6.45, 7) is 0.863. The van der Waals surface area contributed by atoms with Gasteiger partial charge in [-0.3, -0.25) is 0 Å². The van der Waals surface area contributed by atoms with Gasteiger partial charge in [0.25, 0.3) is 0 Å². The Balaban J connectivity index is 1.71. The lowest BCUT2D eigenvalue weighted by Gasteiger charge is -2.11. The quantitative estimate of drug-likeness (QED) is 0.840. The van der Waals surface area contributed by atoms with Crippen LogP contribution in [-0.4, -0.2) is 39.1 Å². The summed E-state index contributed by atoms with van der Waals surface area (Å²) < 4.78 is 40.9. The molecule has 7 heteroatoms. The highest BCUT2D eigenvalue weighted by Crippen LogP contribution is 2.20. The van der Waals surface area contributed by atoms with Crippen LogP contribution in [0.3, 0.4) is 0 Å². The predicted octanol–water partition coefficient (Wildman–Crippen LogP) is 1.63. The summed E-state index contributed by atoms with van der Waals surface area (Å²) in [4.78, 5) is 0. The lowest BCUT2D eigenvalue weighted by atomic mass is 10.3. The number of nitrogens with one attached hydrogen (secondary N) is 1. The van der Waals surface area contributed by atoms with Crippen LogP contribution in [0.5, 0.6) is 5.75 Å². The first-order valence-electron chi connectivity index (χ1n) is 5.98. The van der Waals surface area contributed by atoms with Crippen LogP contribution in [0.4, 0.5) is 4.39 Å². The number of hydrogen-bond acceptors (Lipinski definition) is 4. The van der Waals surface area contributed by atoms with Crippen molar-refractivity contribution in [1.29, 1.82) is 0 Å². The molecule has 2 rings (SSSR count). The monoisotopic (exact) mass is 307 g/mol. The van der Waals surface area contributed by atoms with Gasteiger partial charge < -0.3 is 10.1 Å². The lowest BCUT2D eigenvalue weighted by molar-refractivity contribution is 0.306. The van der Waals surface area contributed by atoms with E-state index in [0.29, 0.717) is 25.3 Å². The van der Waals surface area contributed by atoms with Gasteiger partial charge in [0.15, 0.2) is 9.84 Å². The Morgan fingerprint density at radius 3 is 2.89 bits per heavy atom. The first-order chi connectivity index (χ1) is 8.96. The van der Waals surface area contributed by atoms with Crippen molar-refractivity contribution in [1.82, 2.24) is 5.32 Å². The molecule has 1 aliphatic heterocycles. The molecule has 1 fully saturated rings. The van der Waals surface area contributed by atoms with Crippen LogP contribution in [0, 0.1) is 5.82 Å². The number of ether oxygens (including phenoxy) is 1. The number of halogens is 2. The van der Waals surface area contributed by atoms with E-state index in [0.717, 1.165) is 0 Å². The van der Waals surface area contributed by atoms with Gasteiger partial charge in [0.1, 0.15) is 18.2 Å². The summed E-state index contributed by atoms with van der Waals surface area (Å²) in [5.74, 6) is 0.313. The molecule has 1 saturated heterocycles. The molecule has 4 nitrogen and oxygen atoms in total. The van der Waals surface area contributed by atoms with Crippen LogP contribution < -0.4 is 10.1 Å². The Morgan fingerprint density at radius 2 is 2.26 bits per heavy atom. The molecular formula is C12H15ClFNO3S. The van der Waals surface area contributed by atoms with Crippen molar-refractivity contribution in [2.45, 2.75) is 12.5 Å². The summed E-state index contributed by atoms with van der Waals surface area (Å²) in [7, 11) is -2.86. The van der Waals surface area contributed by atoms with Crippen molar-refractivity contribution in [3.05, 3.63) is 29.0 Å². The standard InChI is InChI=1S/C12H15ClFNO3S/c13-11-2-1-10(7-12(11)14)18-5-4-15-9-3-6-19(16,17)8-9/h1-2,7,9,15H,3-6,8H2.